The Kier molecular flexibility index (Phi) is 12.8. The van der Waals surface area contributed by atoms with E-state index in [9.17, 15) is 14.4 Å². The molecule has 8 heteroatoms. The van der Waals surface area contributed by atoms with Crippen molar-refractivity contribution in [2.45, 2.75) is 97.1 Å². The Morgan fingerprint density at radius 1 is 0.886 bits per heavy atom. The number of rotatable bonds is 16. The first-order valence-electron chi connectivity index (χ1n) is 16.7. The van der Waals surface area contributed by atoms with Crippen molar-refractivity contribution in [2.75, 3.05) is 24.5 Å². The first-order chi connectivity index (χ1) is 21.4. The fourth-order valence-electron chi connectivity index (χ4n) is 6.33. The summed E-state index contributed by atoms with van der Waals surface area (Å²) in [5, 5.41) is 7.27. The Balaban J connectivity index is 1.33. The molecular formula is C36H51N5O3. The number of unbranched alkanes of at least 4 members (excludes halogenated alkanes) is 5. The summed E-state index contributed by atoms with van der Waals surface area (Å²) >= 11 is 0. The number of aromatic nitrogens is 1. The molecule has 1 heterocycles. The van der Waals surface area contributed by atoms with Crippen LogP contribution >= 0.6 is 0 Å². The van der Waals surface area contributed by atoms with E-state index in [2.05, 4.69) is 29.7 Å². The molecule has 1 aliphatic carbocycles. The fraction of sp³-hybridized carbons (Fsp3) is 0.528. The van der Waals surface area contributed by atoms with Gasteiger partial charge in [-0.3, -0.25) is 14.4 Å². The highest BCUT2D eigenvalue weighted by molar-refractivity contribution is 6.01. The summed E-state index contributed by atoms with van der Waals surface area (Å²) in [6.07, 6.45) is 10.8. The number of carbonyl (C=O) groups excluding carboxylic acids is 3. The van der Waals surface area contributed by atoms with Crippen LogP contribution in [-0.4, -0.2) is 48.0 Å². The fourth-order valence-corrected chi connectivity index (χ4v) is 6.33. The maximum Gasteiger partial charge on any atom is 0.268 e. The van der Waals surface area contributed by atoms with Crippen molar-refractivity contribution < 1.29 is 14.4 Å². The number of aryl methyl sites for hydroxylation is 1. The van der Waals surface area contributed by atoms with Gasteiger partial charge in [0.15, 0.2) is 0 Å². The van der Waals surface area contributed by atoms with Crippen LogP contribution in [0.1, 0.15) is 94.1 Å². The quantitative estimate of drug-likeness (QED) is 0.176. The SMILES string of the molecule is CCc1cccc(N(CC)C(=O)Cn2c(C(=O)N[C@H]3CC[C@H](C(=O)NCCCCCCCCN)CC3)cc3ccccc32)c1. The van der Waals surface area contributed by atoms with Crippen molar-refractivity contribution in [2.24, 2.45) is 11.7 Å². The van der Waals surface area contributed by atoms with E-state index in [1.54, 1.807) is 4.90 Å². The second-order valence-electron chi connectivity index (χ2n) is 12.1. The van der Waals surface area contributed by atoms with Crippen molar-refractivity contribution >= 4 is 34.3 Å². The van der Waals surface area contributed by atoms with Crippen LogP contribution < -0.4 is 21.3 Å². The smallest absolute Gasteiger partial charge is 0.268 e. The minimum atomic E-state index is -0.176. The zero-order valence-corrected chi connectivity index (χ0v) is 26.7. The van der Waals surface area contributed by atoms with Gasteiger partial charge in [0, 0.05) is 41.6 Å². The molecule has 1 fully saturated rings. The lowest BCUT2D eigenvalue weighted by Crippen LogP contribution is -2.42. The second-order valence-corrected chi connectivity index (χ2v) is 12.1. The third kappa shape index (κ3) is 8.94. The van der Waals surface area contributed by atoms with E-state index < -0.39 is 0 Å². The molecule has 2 aromatic carbocycles. The third-order valence-corrected chi connectivity index (χ3v) is 8.95. The summed E-state index contributed by atoms with van der Waals surface area (Å²) in [5.41, 5.74) is 8.95. The number of likely N-dealkylation sites (N-methyl/N-ethyl adjacent to an activating group) is 1. The number of hydrogen-bond acceptors (Lipinski definition) is 4. The summed E-state index contributed by atoms with van der Waals surface area (Å²) in [4.78, 5) is 41.8. The second kappa shape index (κ2) is 17.0. The van der Waals surface area contributed by atoms with Crippen molar-refractivity contribution in [3.8, 4) is 0 Å². The first kappa shape index (κ1) is 33.2. The summed E-state index contributed by atoms with van der Waals surface area (Å²) in [7, 11) is 0. The number of nitrogens with two attached hydrogens (primary N) is 1. The maximum atomic E-state index is 13.6. The number of amides is 3. The van der Waals surface area contributed by atoms with Crippen molar-refractivity contribution in [3.05, 3.63) is 65.9 Å². The Bertz CT molecular complexity index is 1380. The van der Waals surface area contributed by atoms with E-state index in [-0.39, 0.29) is 36.2 Å². The third-order valence-electron chi connectivity index (χ3n) is 8.95. The minimum absolute atomic E-state index is 0.00279. The molecule has 4 rings (SSSR count). The predicted octanol–water partition coefficient (Wildman–Crippen LogP) is 5.96. The van der Waals surface area contributed by atoms with Crippen LogP contribution in [-0.2, 0) is 22.6 Å². The van der Waals surface area contributed by atoms with E-state index >= 15 is 0 Å². The number of anilines is 1. The van der Waals surface area contributed by atoms with Gasteiger partial charge in [-0.2, -0.15) is 0 Å². The van der Waals surface area contributed by atoms with Crippen LogP contribution in [0, 0.1) is 5.92 Å². The number of para-hydroxylation sites is 1. The van der Waals surface area contributed by atoms with E-state index in [1.165, 1.54) is 24.8 Å². The molecule has 1 saturated carbocycles. The molecule has 3 aromatic rings. The van der Waals surface area contributed by atoms with Crippen LogP contribution in [0.2, 0.25) is 0 Å². The predicted molar refractivity (Wildman–Crippen MR) is 179 cm³/mol. The molecule has 1 aliphatic rings. The number of hydrogen-bond donors (Lipinski definition) is 3. The van der Waals surface area contributed by atoms with E-state index in [0.29, 0.717) is 12.2 Å². The van der Waals surface area contributed by atoms with E-state index in [0.717, 1.165) is 81.0 Å². The largest absolute Gasteiger partial charge is 0.356 e. The molecule has 0 bridgehead atoms. The van der Waals surface area contributed by atoms with E-state index in [1.807, 2.05) is 54.0 Å². The van der Waals surface area contributed by atoms with Crippen LogP contribution in [0.5, 0.6) is 0 Å². The molecule has 0 radical (unpaired) electrons. The number of benzene rings is 2. The summed E-state index contributed by atoms with van der Waals surface area (Å²) in [6.45, 7) is 6.18. The van der Waals surface area contributed by atoms with Crippen molar-refractivity contribution in [1.29, 1.82) is 0 Å². The lowest BCUT2D eigenvalue weighted by atomic mass is 9.85. The lowest BCUT2D eigenvalue weighted by molar-refractivity contribution is -0.126. The Labute approximate surface area is 262 Å². The minimum Gasteiger partial charge on any atom is -0.356 e. The average Bonchev–Trinajstić information content (AvgIpc) is 3.41. The van der Waals surface area contributed by atoms with Crippen molar-refractivity contribution in [1.82, 2.24) is 15.2 Å². The van der Waals surface area contributed by atoms with Gasteiger partial charge < -0.3 is 25.8 Å². The first-order valence-corrected chi connectivity index (χ1v) is 16.7. The molecule has 3 amide bonds. The molecule has 238 valence electrons. The number of nitrogens with one attached hydrogen (secondary N) is 2. The zero-order chi connectivity index (χ0) is 31.3. The molecule has 0 unspecified atom stereocenters. The van der Waals surface area contributed by atoms with Crippen LogP contribution in [0.3, 0.4) is 0 Å². The molecule has 0 atom stereocenters. The molecule has 8 nitrogen and oxygen atoms in total. The van der Waals surface area contributed by atoms with Gasteiger partial charge >= 0.3 is 0 Å². The lowest BCUT2D eigenvalue weighted by Gasteiger charge is -2.28. The molecule has 4 N–H and O–H groups in total. The van der Waals surface area contributed by atoms with Gasteiger partial charge in [-0.05, 0) is 88.2 Å². The van der Waals surface area contributed by atoms with Gasteiger partial charge in [0.05, 0.1) is 0 Å². The number of fused-ring (bicyclic) bond motifs is 1. The Morgan fingerprint density at radius 2 is 1.61 bits per heavy atom. The molecule has 0 saturated heterocycles. The Hall–Kier alpha value is -3.65. The van der Waals surface area contributed by atoms with Gasteiger partial charge in [-0.1, -0.05) is 62.9 Å². The van der Waals surface area contributed by atoms with Crippen LogP contribution in [0.25, 0.3) is 10.9 Å². The molecule has 1 aromatic heterocycles. The van der Waals surface area contributed by atoms with Gasteiger partial charge in [0.25, 0.3) is 5.91 Å². The highest BCUT2D eigenvalue weighted by atomic mass is 16.2. The molecular weight excluding hydrogens is 550 g/mol. The summed E-state index contributed by atoms with van der Waals surface area (Å²) in [6, 6.07) is 17.8. The highest BCUT2D eigenvalue weighted by Gasteiger charge is 2.28. The average molecular weight is 602 g/mol. The number of carbonyl (C=O) groups is 3. The van der Waals surface area contributed by atoms with Gasteiger partial charge in [0.1, 0.15) is 12.2 Å². The van der Waals surface area contributed by atoms with Gasteiger partial charge in [0.2, 0.25) is 11.8 Å². The monoisotopic (exact) mass is 601 g/mol. The highest BCUT2D eigenvalue weighted by Crippen LogP contribution is 2.26. The van der Waals surface area contributed by atoms with Gasteiger partial charge in [-0.25, -0.2) is 0 Å². The normalized spacial score (nSPS) is 16.5. The molecule has 0 aliphatic heterocycles. The summed E-state index contributed by atoms with van der Waals surface area (Å²) in [5.74, 6) is -0.0943. The van der Waals surface area contributed by atoms with Gasteiger partial charge in [-0.15, -0.1) is 0 Å². The van der Waals surface area contributed by atoms with Crippen molar-refractivity contribution in [3.63, 3.8) is 0 Å². The van der Waals surface area contributed by atoms with E-state index in [4.69, 9.17) is 5.73 Å². The number of nitrogens with zero attached hydrogens (tertiary/aromatic N) is 2. The Morgan fingerprint density at radius 3 is 2.34 bits per heavy atom. The maximum absolute atomic E-state index is 13.6. The van der Waals surface area contributed by atoms with Crippen LogP contribution in [0.4, 0.5) is 5.69 Å². The van der Waals surface area contributed by atoms with Crippen LogP contribution in [0.15, 0.2) is 54.6 Å². The standard InChI is InChI=1S/C36H51N5O3/c1-3-27-14-13-16-31(24-27)40(4-2)34(42)26-41-32-17-10-9-15-29(32)25-33(41)36(44)39-30-20-18-28(19-21-30)35(43)38-23-12-8-6-5-7-11-22-37/h9-10,13-17,24-25,28,30H,3-8,11-12,18-23,26,37H2,1-2H3,(H,38,43)(H,39,44)/t28-,30-. The topological polar surface area (TPSA) is 109 Å². The molecule has 44 heavy (non-hydrogen) atoms. The zero-order valence-electron chi connectivity index (χ0n) is 26.7. The molecule has 0 spiro atoms. The summed E-state index contributed by atoms with van der Waals surface area (Å²) < 4.78 is 1.84.